The van der Waals surface area contributed by atoms with Crippen molar-refractivity contribution in [3.63, 3.8) is 0 Å². The summed E-state index contributed by atoms with van der Waals surface area (Å²) in [6.45, 7) is 2.53. The third-order valence-electron chi connectivity index (χ3n) is 3.56. The molecule has 1 aliphatic rings. The van der Waals surface area contributed by atoms with E-state index in [1.165, 1.54) is 0 Å². The summed E-state index contributed by atoms with van der Waals surface area (Å²) in [5, 5.41) is 0. The summed E-state index contributed by atoms with van der Waals surface area (Å²) < 4.78 is 5.34. The van der Waals surface area contributed by atoms with E-state index in [0.29, 0.717) is 19.0 Å². The minimum absolute atomic E-state index is 0.0518. The number of rotatable bonds is 6. The van der Waals surface area contributed by atoms with Gasteiger partial charge in [-0.15, -0.1) is 0 Å². The fourth-order valence-electron chi connectivity index (χ4n) is 2.18. The van der Waals surface area contributed by atoms with Crippen LogP contribution in [0, 0.1) is 0 Å². The van der Waals surface area contributed by atoms with E-state index in [2.05, 4.69) is 0 Å². The normalized spacial score (nSPS) is 15.9. The van der Waals surface area contributed by atoms with Crippen LogP contribution in [-0.2, 0) is 11.3 Å². The van der Waals surface area contributed by atoms with Crippen LogP contribution in [0.15, 0.2) is 24.3 Å². The molecule has 1 aromatic rings. The molecule has 0 spiro atoms. The summed E-state index contributed by atoms with van der Waals surface area (Å²) in [5.74, 6) is 0.877. The first kappa shape index (κ1) is 13.9. The number of ether oxygens (including phenoxy) is 1. The van der Waals surface area contributed by atoms with E-state index < -0.39 is 6.04 Å². The van der Waals surface area contributed by atoms with Crippen LogP contribution < -0.4 is 10.5 Å². The molecule has 1 aromatic carbocycles. The van der Waals surface area contributed by atoms with Gasteiger partial charge in [0.05, 0.1) is 13.2 Å². The highest BCUT2D eigenvalue weighted by Crippen LogP contribution is 2.30. The van der Waals surface area contributed by atoms with Gasteiger partial charge in [0, 0.05) is 18.2 Å². The molecule has 0 bridgehead atoms. The van der Waals surface area contributed by atoms with Crippen molar-refractivity contribution in [3.05, 3.63) is 29.8 Å². The molecular weight excluding hydrogens is 240 g/mol. The molecule has 0 unspecified atom stereocenters. The Morgan fingerprint density at radius 1 is 1.47 bits per heavy atom. The molecule has 1 saturated carbocycles. The van der Waals surface area contributed by atoms with Gasteiger partial charge < -0.3 is 15.4 Å². The maximum atomic E-state index is 12.3. The third kappa shape index (κ3) is 3.26. The molecule has 19 heavy (non-hydrogen) atoms. The Morgan fingerprint density at radius 2 is 2.16 bits per heavy atom. The molecule has 1 atom stereocenters. The van der Waals surface area contributed by atoms with Crippen molar-refractivity contribution < 1.29 is 9.53 Å². The average molecular weight is 262 g/mol. The van der Waals surface area contributed by atoms with Gasteiger partial charge in [0.1, 0.15) is 5.75 Å². The van der Waals surface area contributed by atoms with E-state index in [9.17, 15) is 4.79 Å². The lowest BCUT2D eigenvalue weighted by molar-refractivity contribution is -0.133. The predicted molar refractivity (Wildman–Crippen MR) is 74.8 cm³/mol. The molecule has 1 fully saturated rings. The lowest BCUT2D eigenvalue weighted by atomic mass is 10.1. The summed E-state index contributed by atoms with van der Waals surface area (Å²) >= 11 is 0. The third-order valence-corrected chi connectivity index (χ3v) is 3.56. The standard InChI is InChI=1S/C15H22N2O2/c1-3-13(16)15(18)17(12-8-9-12)10-11-6-4-5-7-14(11)19-2/h4-7,12-13H,3,8-10,16H2,1-2H3/t13-/m1/s1. The number of carbonyl (C=O) groups excluding carboxylic acids is 1. The van der Waals surface area contributed by atoms with Crippen LogP contribution in [0.5, 0.6) is 5.75 Å². The van der Waals surface area contributed by atoms with Crippen molar-refractivity contribution in [3.8, 4) is 5.75 Å². The Bertz CT molecular complexity index is 444. The number of carbonyl (C=O) groups is 1. The molecule has 104 valence electrons. The second-order valence-electron chi connectivity index (χ2n) is 5.02. The molecule has 0 saturated heterocycles. The summed E-state index contributed by atoms with van der Waals surface area (Å²) in [6, 6.07) is 7.78. The fourth-order valence-corrected chi connectivity index (χ4v) is 2.18. The van der Waals surface area contributed by atoms with Crippen molar-refractivity contribution in [2.45, 2.75) is 44.8 Å². The van der Waals surface area contributed by atoms with Crippen molar-refractivity contribution >= 4 is 5.91 Å². The van der Waals surface area contributed by atoms with E-state index in [1.807, 2.05) is 36.1 Å². The fraction of sp³-hybridized carbons (Fsp3) is 0.533. The zero-order valence-electron chi connectivity index (χ0n) is 11.6. The Balaban J connectivity index is 2.14. The monoisotopic (exact) mass is 262 g/mol. The topological polar surface area (TPSA) is 55.6 Å². The van der Waals surface area contributed by atoms with E-state index in [4.69, 9.17) is 10.5 Å². The van der Waals surface area contributed by atoms with Gasteiger partial charge >= 0.3 is 0 Å². The number of hydrogen-bond donors (Lipinski definition) is 1. The van der Waals surface area contributed by atoms with Crippen molar-refractivity contribution in [2.75, 3.05) is 7.11 Å². The number of nitrogens with zero attached hydrogens (tertiary/aromatic N) is 1. The first-order valence-corrected chi connectivity index (χ1v) is 6.85. The van der Waals surface area contributed by atoms with E-state index in [-0.39, 0.29) is 5.91 Å². The molecule has 1 amide bonds. The van der Waals surface area contributed by atoms with Crippen LogP contribution in [0.1, 0.15) is 31.7 Å². The van der Waals surface area contributed by atoms with Crippen LogP contribution in [0.2, 0.25) is 0 Å². The van der Waals surface area contributed by atoms with Crippen molar-refractivity contribution in [1.82, 2.24) is 4.90 Å². The van der Waals surface area contributed by atoms with Crippen LogP contribution in [0.3, 0.4) is 0 Å². The largest absolute Gasteiger partial charge is 0.496 e. The number of amides is 1. The van der Waals surface area contributed by atoms with Gasteiger partial charge in [-0.25, -0.2) is 0 Å². The molecular formula is C15H22N2O2. The molecule has 0 aromatic heterocycles. The highest BCUT2D eigenvalue weighted by Gasteiger charge is 2.34. The summed E-state index contributed by atoms with van der Waals surface area (Å²) in [6.07, 6.45) is 2.84. The molecule has 2 rings (SSSR count). The number of para-hydroxylation sites is 1. The quantitative estimate of drug-likeness (QED) is 0.852. The van der Waals surface area contributed by atoms with E-state index in [1.54, 1.807) is 7.11 Å². The zero-order chi connectivity index (χ0) is 13.8. The molecule has 4 nitrogen and oxygen atoms in total. The minimum atomic E-state index is -0.393. The molecule has 0 heterocycles. The molecule has 4 heteroatoms. The van der Waals surface area contributed by atoms with Crippen LogP contribution in [0.25, 0.3) is 0 Å². The Kier molecular flexibility index (Phi) is 4.43. The Morgan fingerprint density at radius 3 is 2.74 bits per heavy atom. The first-order valence-electron chi connectivity index (χ1n) is 6.85. The molecule has 1 aliphatic carbocycles. The van der Waals surface area contributed by atoms with Gasteiger partial charge in [0.2, 0.25) is 5.91 Å². The summed E-state index contributed by atoms with van der Waals surface area (Å²) in [5.41, 5.74) is 6.92. The minimum Gasteiger partial charge on any atom is -0.496 e. The lowest BCUT2D eigenvalue weighted by Crippen LogP contribution is -2.44. The van der Waals surface area contributed by atoms with Gasteiger partial charge in [-0.1, -0.05) is 25.1 Å². The van der Waals surface area contributed by atoms with E-state index >= 15 is 0 Å². The zero-order valence-corrected chi connectivity index (χ0v) is 11.6. The Labute approximate surface area is 114 Å². The number of methoxy groups -OCH3 is 1. The molecule has 2 N–H and O–H groups in total. The van der Waals surface area contributed by atoms with Crippen molar-refractivity contribution in [1.29, 1.82) is 0 Å². The van der Waals surface area contributed by atoms with Gasteiger partial charge in [0.25, 0.3) is 0 Å². The summed E-state index contributed by atoms with van der Waals surface area (Å²) in [7, 11) is 1.65. The van der Waals surface area contributed by atoms with Gasteiger partial charge in [0.15, 0.2) is 0 Å². The molecule has 0 radical (unpaired) electrons. The average Bonchev–Trinajstić information content (AvgIpc) is 3.28. The smallest absolute Gasteiger partial charge is 0.240 e. The first-order chi connectivity index (χ1) is 9.17. The van der Waals surface area contributed by atoms with Gasteiger partial charge in [-0.05, 0) is 25.3 Å². The number of hydrogen-bond acceptors (Lipinski definition) is 3. The second kappa shape index (κ2) is 6.06. The maximum absolute atomic E-state index is 12.3. The van der Waals surface area contributed by atoms with Gasteiger partial charge in [-0.3, -0.25) is 4.79 Å². The van der Waals surface area contributed by atoms with Crippen LogP contribution in [-0.4, -0.2) is 30.0 Å². The van der Waals surface area contributed by atoms with Crippen LogP contribution in [0.4, 0.5) is 0 Å². The number of nitrogens with two attached hydrogens (primary N) is 1. The second-order valence-corrected chi connectivity index (χ2v) is 5.02. The predicted octanol–water partition coefficient (Wildman–Crippen LogP) is 1.92. The van der Waals surface area contributed by atoms with Crippen molar-refractivity contribution in [2.24, 2.45) is 5.73 Å². The lowest BCUT2D eigenvalue weighted by Gasteiger charge is -2.26. The number of benzene rings is 1. The highest BCUT2D eigenvalue weighted by atomic mass is 16.5. The SMILES string of the molecule is CC[C@@H](N)C(=O)N(Cc1ccccc1OC)C1CC1. The van der Waals surface area contributed by atoms with E-state index in [0.717, 1.165) is 24.2 Å². The summed E-state index contributed by atoms with van der Waals surface area (Å²) in [4.78, 5) is 14.2. The van der Waals surface area contributed by atoms with Crippen LogP contribution >= 0.6 is 0 Å². The highest BCUT2D eigenvalue weighted by molar-refractivity contribution is 5.82. The Hall–Kier alpha value is -1.55. The maximum Gasteiger partial charge on any atom is 0.240 e. The molecule has 0 aliphatic heterocycles. The van der Waals surface area contributed by atoms with Gasteiger partial charge in [-0.2, -0.15) is 0 Å².